The highest BCUT2D eigenvalue weighted by molar-refractivity contribution is 5.81. The van der Waals surface area contributed by atoms with Gasteiger partial charge in [-0.3, -0.25) is 4.79 Å². The molecule has 1 saturated carbocycles. The zero-order valence-corrected chi connectivity index (χ0v) is 8.09. The molecule has 0 aromatic carbocycles. The summed E-state index contributed by atoms with van der Waals surface area (Å²) in [7, 11) is 0. The lowest BCUT2D eigenvalue weighted by Gasteiger charge is -2.18. The Labute approximate surface area is 81.2 Å². The molecule has 80 valence electrons. The molecule has 2 aliphatic rings. The Hall–Kier alpha value is -0.710. The van der Waals surface area contributed by atoms with E-state index < -0.39 is 17.4 Å². The summed E-state index contributed by atoms with van der Waals surface area (Å²) in [6.45, 7) is 2.19. The van der Waals surface area contributed by atoms with E-state index in [4.69, 9.17) is 5.73 Å². The second-order valence-electron chi connectivity index (χ2n) is 4.46. The highest BCUT2D eigenvalue weighted by Gasteiger charge is 2.73. The zero-order chi connectivity index (χ0) is 10.6. The minimum Gasteiger partial charge on any atom is -0.341 e. The fourth-order valence-corrected chi connectivity index (χ4v) is 2.17. The standard InChI is InChI=1S/C9H14F2N2O/c1-6(12)7(14)13-3-2-8(5-13)4-9(8,10)11/h6H,2-5,12H2,1H3. The first kappa shape index (κ1) is 9.83. The average Bonchev–Trinajstić information content (AvgIpc) is 2.47. The number of rotatable bonds is 1. The number of hydrogen-bond acceptors (Lipinski definition) is 2. The largest absolute Gasteiger partial charge is 0.341 e. The molecule has 1 spiro atoms. The number of carbonyl (C=O) groups excluding carboxylic acids is 1. The molecular weight excluding hydrogens is 190 g/mol. The van der Waals surface area contributed by atoms with Crippen LogP contribution in [0.5, 0.6) is 0 Å². The van der Waals surface area contributed by atoms with Crippen molar-refractivity contribution in [3.63, 3.8) is 0 Å². The van der Waals surface area contributed by atoms with Gasteiger partial charge in [0.15, 0.2) is 0 Å². The third kappa shape index (κ3) is 1.22. The van der Waals surface area contributed by atoms with Gasteiger partial charge in [-0.05, 0) is 13.3 Å². The van der Waals surface area contributed by atoms with Gasteiger partial charge in [0.05, 0.1) is 11.5 Å². The Kier molecular flexibility index (Phi) is 1.86. The van der Waals surface area contributed by atoms with Crippen LogP contribution in [0.2, 0.25) is 0 Å². The van der Waals surface area contributed by atoms with Crippen LogP contribution in [0.1, 0.15) is 19.8 Å². The minimum atomic E-state index is -2.56. The van der Waals surface area contributed by atoms with E-state index >= 15 is 0 Å². The molecule has 0 aromatic rings. The van der Waals surface area contributed by atoms with Gasteiger partial charge in [-0.2, -0.15) is 0 Å². The maximum absolute atomic E-state index is 13.0. The van der Waals surface area contributed by atoms with Gasteiger partial charge in [-0.1, -0.05) is 0 Å². The minimum absolute atomic E-state index is 0.0667. The molecule has 0 aromatic heterocycles. The van der Waals surface area contributed by atoms with Crippen LogP contribution in [0.4, 0.5) is 8.78 Å². The van der Waals surface area contributed by atoms with E-state index in [9.17, 15) is 13.6 Å². The first-order valence-corrected chi connectivity index (χ1v) is 4.80. The number of amides is 1. The van der Waals surface area contributed by atoms with E-state index in [1.807, 2.05) is 0 Å². The van der Waals surface area contributed by atoms with Gasteiger partial charge in [0.25, 0.3) is 5.92 Å². The fraction of sp³-hybridized carbons (Fsp3) is 0.889. The van der Waals surface area contributed by atoms with Crippen molar-refractivity contribution in [2.24, 2.45) is 11.1 Å². The summed E-state index contributed by atoms with van der Waals surface area (Å²) in [5.74, 6) is -2.77. The molecule has 1 saturated heterocycles. The Bertz CT molecular complexity index is 280. The predicted octanol–water partition coefficient (Wildman–Crippen LogP) is 0.591. The molecule has 1 heterocycles. The molecule has 2 unspecified atom stereocenters. The Morgan fingerprint density at radius 3 is 2.50 bits per heavy atom. The number of nitrogens with zero attached hydrogens (tertiary/aromatic N) is 1. The lowest BCUT2D eigenvalue weighted by Crippen LogP contribution is -2.41. The first-order chi connectivity index (χ1) is 6.38. The topological polar surface area (TPSA) is 46.3 Å². The summed E-state index contributed by atoms with van der Waals surface area (Å²) in [4.78, 5) is 12.9. The van der Waals surface area contributed by atoms with E-state index in [0.29, 0.717) is 13.0 Å². The van der Waals surface area contributed by atoms with Crippen molar-refractivity contribution in [3.05, 3.63) is 0 Å². The van der Waals surface area contributed by atoms with Crippen LogP contribution in [0, 0.1) is 5.41 Å². The van der Waals surface area contributed by atoms with E-state index in [2.05, 4.69) is 0 Å². The molecule has 5 heteroatoms. The Morgan fingerprint density at radius 2 is 2.14 bits per heavy atom. The second kappa shape index (κ2) is 2.66. The summed E-state index contributed by atoms with van der Waals surface area (Å²) in [6, 6.07) is -0.586. The SMILES string of the molecule is CC(N)C(=O)N1CCC2(C1)CC2(F)F. The van der Waals surface area contributed by atoms with Crippen LogP contribution in [0.15, 0.2) is 0 Å². The maximum Gasteiger partial charge on any atom is 0.256 e. The third-order valence-corrected chi connectivity index (χ3v) is 3.27. The Morgan fingerprint density at radius 1 is 1.57 bits per heavy atom. The zero-order valence-electron chi connectivity index (χ0n) is 8.09. The van der Waals surface area contributed by atoms with Gasteiger partial charge in [0, 0.05) is 19.5 Å². The van der Waals surface area contributed by atoms with Crippen molar-refractivity contribution in [2.45, 2.75) is 31.7 Å². The number of carbonyl (C=O) groups is 1. The smallest absolute Gasteiger partial charge is 0.256 e. The van der Waals surface area contributed by atoms with Crippen molar-refractivity contribution < 1.29 is 13.6 Å². The quantitative estimate of drug-likeness (QED) is 0.679. The van der Waals surface area contributed by atoms with Crippen LogP contribution in [0.3, 0.4) is 0 Å². The van der Waals surface area contributed by atoms with Crippen molar-refractivity contribution in [2.75, 3.05) is 13.1 Å². The van der Waals surface area contributed by atoms with E-state index in [1.54, 1.807) is 6.92 Å². The van der Waals surface area contributed by atoms with E-state index in [-0.39, 0.29) is 18.9 Å². The lowest BCUT2D eigenvalue weighted by atomic mass is 10.1. The van der Waals surface area contributed by atoms with Crippen molar-refractivity contribution in [1.82, 2.24) is 4.90 Å². The molecule has 3 nitrogen and oxygen atoms in total. The molecule has 1 amide bonds. The van der Waals surface area contributed by atoms with Crippen LogP contribution in [-0.2, 0) is 4.79 Å². The van der Waals surface area contributed by atoms with Crippen LogP contribution >= 0.6 is 0 Å². The summed E-state index contributed by atoms with van der Waals surface area (Å²) >= 11 is 0. The number of halogens is 2. The summed E-state index contributed by atoms with van der Waals surface area (Å²) in [6.07, 6.45) is 0.348. The molecule has 0 radical (unpaired) electrons. The van der Waals surface area contributed by atoms with Gasteiger partial charge in [-0.25, -0.2) is 8.78 Å². The average molecular weight is 204 g/mol. The number of likely N-dealkylation sites (tertiary alicyclic amines) is 1. The van der Waals surface area contributed by atoms with Gasteiger partial charge >= 0.3 is 0 Å². The molecule has 2 N–H and O–H groups in total. The number of alkyl halides is 2. The molecule has 1 aliphatic carbocycles. The van der Waals surface area contributed by atoms with Gasteiger partial charge in [0.1, 0.15) is 0 Å². The van der Waals surface area contributed by atoms with Crippen LogP contribution in [-0.4, -0.2) is 35.9 Å². The van der Waals surface area contributed by atoms with Crippen molar-refractivity contribution >= 4 is 5.91 Å². The van der Waals surface area contributed by atoms with Gasteiger partial charge < -0.3 is 10.6 Å². The van der Waals surface area contributed by atoms with Crippen LogP contribution in [0.25, 0.3) is 0 Å². The number of hydrogen-bond donors (Lipinski definition) is 1. The van der Waals surface area contributed by atoms with Gasteiger partial charge in [0.2, 0.25) is 5.91 Å². The maximum atomic E-state index is 13.0. The summed E-state index contributed by atoms with van der Waals surface area (Å²) in [5, 5.41) is 0. The fourth-order valence-electron chi connectivity index (χ4n) is 2.17. The predicted molar refractivity (Wildman–Crippen MR) is 46.8 cm³/mol. The highest BCUT2D eigenvalue weighted by Crippen LogP contribution is 2.64. The highest BCUT2D eigenvalue weighted by atomic mass is 19.3. The van der Waals surface area contributed by atoms with E-state index in [1.165, 1.54) is 4.90 Å². The normalized spacial score (nSPS) is 36.1. The molecule has 2 atom stereocenters. The molecule has 2 fully saturated rings. The molecular formula is C9H14F2N2O. The summed E-state index contributed by atoms with van der Waals surface area (Å²) < 4.78 is 25.9. The van der Waals surface area contributed by atoms with Crippen molar-refractivity contribution in [1.29, 1.82) is 0 Å². The summed E-state index contributed by atoms with van der Waals surface area (Å²) in [5.41, 5.74) is 4.51. The van der Waals surface area contributed by atoms with Gasteiger partial charge in [-0.15, -0.1) is 0 Å². The monoisotopic (exact) mass is 204 g/mol. The number of nitrogens with two attached hydrogens (primary N) is 1. The first-order valence-electron chi connectivity index (χ1n) is 4.80. The van der Waals surface area contributed by atoms with Crippen molar-refractivity contribution in [3.8, 4) is 0 Å². The lowest BCUT2D eigenvalue weighted by molar-refractivity contribution is -0.131. The Balaban J connectivity index is 2.00. The third-order valence-electron chi connectivity index (χ3n) is 3.27. The molecule has 14 heavy (non-hydrogen) atoms. The molecule has 1 aliphatic heterocycles. The van der Waals surface area contributed by atoms with Crippen LogP contribution < -0.4 is 5.73 Å². The molecule has 0 bridgehead atoms. The van der Waals surface area contributed by atoms with E-state index in [0.717, 1.165) is 0 Å². The second-order valence-corrected chi connectivity index (χ2v) is 4.46. The molecule has 2 rings (SSSR count).